The zero-order valence-electron chi connectivity index (χ0n) is 34.7. The Kier molecular flexibility index (Phi) is 12.9. The molecular formula is C46H67ClN4O4S. The van der Waals surface area contributed by atoms with E-state index in [1.165, 1.54) is 49.9 Å². The van der Waals surface area contributed by atoms with Gasteiger partial charge in [0.2, 0.25) is 0 Å². The van der Waals surface area contributed by atoms with Gasteiger partial charge in [-0.15, -0.1) is 0 Å². The Hall–Kier alpha value is -2.56. The Morgan fingerprint density at radius 3 is 2.54 bits per heavy atom. The standard InChI is InChI=1S/C46H67ClN4O4S/c1-7-23-50(24-8-2)39-19-25-49(26-20-39)31-46(54-5)22-9-11-33(3)34(4)56(6,53)48-44(52)36-14-18-43-42(28-36)51(29-37-13-16-41(37)46)30-45(32-55-43)21-10-12-35-27-38(47)15-17-40(35)45/h9,14-15,17-18,22,27-28,33-34,37,39,41H,6-8,10-13,16,19-21,23-26,29-32H2,1-5H3,(H,48,52,53)/b22-9+/t33-,34+,37-,41+,45-,46+,56?/m0/s1. The number of methoxy groups -OCH3 is 1. The second-order valence-electron chi connectivity index (χ2n) is 17.9. The number of carbonyl (C=O) groups is 1. The predicted molar refractivity (Wildman–Crippen MR) is 233 cm³/mol. The highest BCUT2D eigenvalue weighted by atomic mass is 35.5. The summed E-state index contributed by atoms with van der Waals surface area (Å²) >= 11 is 6.54. The average molecular weight is 808 g/mol. The molecule has 0 radical (unpaired) electrons. The first-order valence-corrected chi connectivity index (χ1v) is 23.8. The molecule has 1 saturated carbocycles. The third kappa shape index (κ3) is 8.45. The molecule has 3 aliphatic heterocycles. The number of fused-ring (bicyclic) bond motifs is 4. The topological polar surface area (TPSA) is 74.4 Å². The van der Waals surface area contributed by atoms with Crippen molar-refractivity contribution in [1.82, 2.24) is 14.5 Å². The van der Waals surface area contributed by atoms with Crippen molar-refractivity contribution in [1.29, 1.82) is 0 Å². The number of hydrogen-bond acceptors (Lipinski definition) is 7. The minimum atomic E-state index is -2.96. The number of nitrogens with zero attached hydrogens (tertiary/aromatic N) is 3. The first kappa shape index (κ1) is 41.6. The summed E-state index contributed by atoms with van der Waals surface area (Å²) in [5.74, 6) is 5.28. The summed E-state index contributed by atoms with van der Waals surface area (Å²) in [7, 11) is -1.04. The molecular weight excluding hydrogens is 740 g/mol. The van der Waals surface area contributed by atoms with Crippen molar-refractivity contribution in [3.63, 3.8) is 0 Å². The van der Waals surface area contributed by atoms with E-state index in [4.69, 9.17) is 21.1 Å². The third-order valence-corrected chi connectivity index (χ3v) is 16.8. The van der Waals surface area contributed by atoms with Gasteiger partial charge in [0.05, 0.1) is 22.0 Å². The quantitative estimate of drug-likeness (QED) is 0.213. The zero-order valence-corrected chi connectivity index (χ0v) is 36.3. The number of allylic oxidation sites excluding steroid dienone is 1. The van der Waals surface area contributed by atoms with E-state index in [1.807, 2.05) is 38.3 Å². The van der Waals surface area contributed by atoms with Crippen molar-refractivity contribution in [2.24, 2.45) is 17.8 Å². The molecule has 308 valence electrons. The minimum Gasteiger partial charge on any atom is -0.490 e. The molecule has 7 atom stereocenters. The molecule has 1 unspecified atom stereocenters. The predicted octanol–water partition coefficient (Wildman–Crippen LogP) is 8.16. The number of benzene rings is 2. The van der Waals surface area contributed by atoms with Crippen molar-refractivity contribution >= 4 is 38.8 Å². The Morgan fingerprint density at radius 2 is 1.84 bits per heavy atom. The van der Waals surface area contributed by atoms with Gasteiger partial charge in [0, 0.05) is 54.0 Å². The number of carbonyl (C=O) groups excluding carboxylic acids is 1. The Labute approximate surface area is 342 Å². The van der Waals surface area contributed by atoms with E-state index in [-0.39, 0.29) is 22.5 Å². The van der Waals surface area contributed by atoms with Crippen molar-refractivity contribution in [3.8, 4) is 5.75 Å². The van der Waals surface area contributed by atoms with Crippen LogP contribution in [0.25, 0.3) is 0 Å². The molecule has 1 amide bonds. The van der Waals surface area contributed by atoms with Gasteiger partial charge in [-0.05, 0) is 162 Å². The number of likely N-dealkylation sites (tertiary alicyclic amines) is 1. The van der Waals surface area contributed by atoms with Crippen molar-refractivity contribution < 1.29 is 18.5 Å². The fourth-order valence-corrected chi connectivity index (χ4v) is 12.4. The molecule has 10 heteroatoms. The van der Waals surface area contributed by atoms with Gasteiger partial charge in [0.1, 0.15) is 11.4 Å². The highest BCUT2D eigenvalue weighted by Gasteiger charge is 2.50. The van der Waals surface area contributed by atoms with E-state index in [9.17, 15) is 9.00 Å². The molecule has 1 N–H and O–H groups in total. The van der Waals surface area contributed by atoms with Gasteiger partial charge in [-0.2, -0.15) is 0 Å². The third-order valence-electron chi connectivity index (χ3n) is 14.3. The molecule has 2 fully saturated rings. The lowest BCUT2D eigenvalue weighted by molar-refractivity contribution is -0.0952. The van der Waals surface area contributed by atoms with Crippen LogP contribution >= 0.6 is 11.6 Å². The van der Waals surface area contributed by atoms with Gasteiger partial charge in [0.15, 0.2) is 0 Å². The zero-order chi connectivity index (χ0) is 39.7. The van der Waals surface area contributed by atoms with Crippen molar-refractivity contribution in [3.05, 3.63) is 70.3 Å². The maximum Gasteiger partial charge on any atom is 0.262 e. The van der Waals surface area contributed by atoms with Crippen LogP contribution in [0.1, 0.15) is 107 Å². The Balaban J connectivity index is 1.25. The average Bonchev–Trinajstić information content (AvgIpc) is 3.32. The van der Waals surface area contributed by atoms with Crippen molar-refractivity contribution in [2.75, 3.05) is 64.4 Å². The number of aryl methyl sites for hydroxylation is 1. The monoisotopic (exact) mass is 806 g/mol. The van der Waals surface area contributed by atoms with Crippen LogP contribution in [0.4, 0.5) is 5.69 Å². The Bertz CT molecular complexity index is 1840. The minimum absolute atomic E-state index is 0.0374. The van der Waals surface area contributed by atoms with E-state index >= 15 is 0 Å². The maximum atomic E-state index is 14.1. The summed E-state index contributed by atoms with van der Waals surface area (Å²) in [6.45, 7) is 16.2. The largest absolute Gasteiger partial charge is 0.490 e. The van der Waals surface area contributed by atoms with Crippen LogP contribution in [0.3, 0.4) is 0 Å². The van der Waals surface area contributed by atoms with E-state index in [2.05, 4.69) is 70.3 Å². The summed E-state index contributed by atoms with van der Waals surface area (Å²) in [5, 5.41) is 0.445. The molecule has 1 saturated heterocycles. The summed E-state index contributed by atoms with van der Waals surface area (Å²) in [5.41, 5.74) is 3.35. The second-order valence-corrected chi connectivity index (χ2v) is 20.7. The molecule has 2 aromatic rings. The lowest BCUT2D eigenvalue weighted by atomic mass is 9.63. The van der Waals surface area contributed by atoms with Crippen LogP contribution in [-0.2, 0) is 26.3 Å². The highest BCUT2D eigenvalue weighted by Crippen LogP contribution is 2.49. The van der Waals surface area contributed by atoms with Gasteiger partial charge in [-0.3, -0.25) is 9.52 Å². The number of hydrogen-bond donors (Lipinski definition) is 1. The summed E-state index contributed by atoms with van der Waals surface area (Å²) in [6, 6.07) is 12.7. The SMILES string of the molecule is C=S1(=O)NC(=O)c2ccc3c(c2)N(C[C@@H]2CC[C@H]2[C@@](CN2CCC(N(CCC)CCC)CC2)(OC)/C=C/C[C@H](C)[C@H]1C)C[C@@]1(CCCc2cc(Cl)ccc21)CO3. The number of halogens is 1. The van der Waals surface area contributed by atoms with Crippen LogP contribution in [-0.4, -0.2) is 102 Å². The first-order valence-electron chi connectivity index (χ1n) is 21.6. The smallest absolute Gasteiger partial charge is 0.262 e. The van der Waals surface area contributed by atoms with Crippen molar-refractivity contribution in [2.45, 2.75) is 114 Å². The van der Waals surface area contributed by atoms with Gasteiger partial charge >= 0.3 is 0 Å². The summed E-state index contributed by atoms with van der Waals surface area (Å²) in [4.78, 5) is 21.8. The number of anilines is 1. The normalized spacial score (nSPS) is 33.5. The number of amides is 1. The van der Waals surface area contributed by atoms with E-state index in [0.717, 1.165) is 87.7 Å². The molecule has 5 aliphatic rings. The Morgan fingerprint density at radius 1 is 1.07 bits per heavy atom. The number of piperidine rings is 1. The lowest BCUT2D eigenvalue weighted by Crippen LogP contribution is -2.58. The maximum absolute atomic E-state index is 14.1. The lowest BCUT2D eigenvalue weighted by Gasteiger charge is -2.52. The fraction of sp³-hybridized carbons (Fsp3) is 0.652. The second kappa shape index (κ2) is 17.3. The number of rotatable bonds is 8. The van der Waals surface area contributed by atoms with Crippen LogP contribution < -0.4 is 14.4 Å². The molecule has 2 aliphatic carbocycles. The van der Waals surface area contributed by atoms with Gasteiger partial charge in [-0.25, -0.2) is 4.21 Å². The molecule has 8 nitrogen and oxygen atoms in total. The van der Waals surface area contributed by atoms with E-state index in [1.54, 1.807) is 0 Å². The van der Waals surface area contributed by atoms with E-state index < -0.39 is 15.3 Å². The van der Waals surface area contributed by atoms with E-state index in [0.29, 0.717) is 30.0 Å². The molecule has 56 heavy (non-hydrogen) atoms. The fourth-order valence-electron chi connectivity index (χ4n) is 10.7. The van der Waals surface area contributed by atoms with Crippen LogP contribution in [0.2, 0.25) is 5.02 Å². The number of nitrogens with one attached hydrogen (secondary N) is 1. The summed E-state index contributed by atoms with van der Waals surface area (Å²) in [6.07, 6.45) is 15.5. The molecule has 2 bridgehead atoms. The molecule has 0 aromatic heterocycles. The molecule has 1 spiro atoms. The first-order chi connectivity index (χ1) is 26.9. The molecule has 3 heterocycles. The molecule has 7 rings (SSSR count). The van der Waals surface area contributed by atoms with Gasteiger partial charge in [-0.1, -0.05) is 50.6 Å². The number of ether oxygens (including phenoxy) is 2. The summed E-state index contributed by atoms with van der Waals surface area (Å²) < 4.78 is 30.6. The van der Waals surface area contributed by atoms with Crippen LogP contribution in [0.15, 0.2) is 48.6 Å². The van der Waals surface area contributed by atoms with Crippen LogP contribution in [0.5, 0.6) is 5.75 Å². The molecule has 2 aromatic carbocycles. The van der Waals surface area contributed by atoms with Crippen LogP contribution in [0, 0.1) is 17.8 Å². The highest BCUT2D eigenvalue weighted by molar-refractivity contribution is 7.99. The van der Waals surface area contributed by atoms with Gasteiger partial charge in [0.25, 0.3) is 5.91 Å². The van der Waals surface area contributed by atoms with Gasteiger partial charge < -0.3 is 24.2 Å².